The summed E-state index contributed by atoms with van der Waals surface area (Å²) in [6.07, 6.45) is 2.03. The Bertz CT molecular complexity index is 378. The lowest BCUT2D eigenvalue weighted by molar-refractivity contribution is 0.827. The summed E-state index contributed by atoms with van der Waals surface area (Å²) < 4.78 is 0. The van der Waals surface area contributed by atoms with Gasteiger partial charge in [-0.25, -0.2) is 4.98 Å². The van der Waals surface area contributed by atoms with Crippen LogP contribution in [0.2, 0.25) is 0 Å². The molecule has 2 aromatic heterocycles. The summed E-state index contributed by atoms with van der Waals surface area (Å²) in [6.45, 7) is 0.743. The number of aryl methyl sites for hydroxylation is 1. The summed E-state index contributed by atoms with van der Waals surface area (Å²) in [5.41, 5.74) is 7.78. The zero-order chi connectivity index (χ0) is 9.80. The van der Waals surface area contributed by atoms with Gasteiger partial charge in [-0.3, -0.25) is 0 Å². The molecular formula is C10H12N2S2. The molecule has 0 radical (unpaired) electrons. The Labute approximate surface area is 91.4 Å². The van der Waals surface area contributed by atoms with E-state index in [1.807, 2.05) is 0 Å². The van der Waals surface area contributed by atoms with E-state index in [-0.39, 0.29) is 0 Å². The molecule has 0 saturated heterocycles. The first-order chi connectivity index (χ1) is 6.90. The maximum Gasteiger partial charge on any atom is 0.0933 e. The van der Waals surface area contributed by atoms with Crippen LogP contribution in [0.15, 0.2) is 22.2 Å². The summed E-state index contributed by atoms with van der Waals surface area (Å²) in [5, 5.41) is 7.51. The highest BCUT2D eigenvalue weighted by molar-refractivity contribution is 7.10. The van der Waals surface area contributed by atoms with Crippen LogP contribution in [0, 0.1) is 0 Å². The summed E-state index contributed by atoms with van der Waals surface area (Å²) in [7, 11) is 0. The van der Waals surface area contributed by atoms with Gasteiger partial charge in [-0.2, -0.15) is 11.3 Å². The number of aromatic nitrogens is 1. The van der Waals surface area contributed by atoms with Crippen LogP contribution < -0.4 is 5.73 Å². The number of hydrogen-bond donors (Lipinski definition) is 1. The van der Waals surface area contributed by atoms with E-state index in [0.29, 0.717) is 0 Å². The standard InChI is InChI=1S/C10H12N2S2/c11-4-1-2-10-12-9(7-14-10)8-3-5-13-6-8/h3,5-7H,1-2,4,11H2. The molecule has 14 heavy (non-hydrogen) atoms. The monoisotopic (exact) mass is 224 g/mol. The molecule has 0 bridgehead atoms. The molecule has 2 aromatic rings. The Balaban J connectivity index is 2.10. The van der Waals surface area contributed by atoms with Crippen LogP contribution in [0.1, 0.15) is 11.4 Å². The molecule has 74 valence electrons. The Morgan fingerprint density at radius 2 is 2.29 bits per heavy atom. The fraction of sp³-hybridized carbons (Fsp3) is 0.300. The third-order valence-corrected chi connectivity index (χ3v) is 3.56. The molecule has 0 fully saturated rings. The molecule has 0 amide bonds. The average Bonchev–Trinajstić information content (AvgIpc) is 2.85. The quantitative estimate of drug-likeness (QED) is 0.867. The van der Waals surface area contributed by atoms with Crippen molar-refractivity contribution in [1.29, 1.82) is 0 Å². The second kappa shape index (κ2) is 4.68. The van der Waals surface area contributed by atoms with E-state index in [0.717, 1.165) is 25.1 Å². The molecule has 0 aromatic carbocycles. The lowest BCUT2D eigenvalue weighted by atomic mass is 10.3. The van der Waals surface area contributed by atoms with Gasteiger partial charge in [-0.15, -0.1) is 11.3 Å². The Morgan fingerprint density at radius 1 is 1.36 bits per heavy atom. The number of thiophene rings is 1. The highest BCUT2D eigenvalue weighted by atomic mass is 32.1. The van der Waals surface area contributed by atoms with Crippen LogP contribution >= 0.6 is 22.7 Å². The van der Waals surface area contributed by atoms with E-state index in [1.54, 1.807) is 22.7 Å². The molecule has 0 spiro atoms. The van der Waals surface area contributed by atoms with Crippen molar-refractivity contribution < 1.29 is 0 Å². The van der Waals surface area contributed by atoms with Gasteiger partial charge < -0.3 is 5.73 Å². The Morgan fingerprint density at radius 3 is 3.00 bits per heavy atom. The fourth-order valence-corrected chi connectivity index (χ4v) is 2.72. The van der Waals surface area contributed by atoms with Gasteiger partial charge in [0, 0.05) is 22.7 Å². The molecule has 4 heteroatoms. The molecule has 0 unspecified atom stereocenters. The van der Waals surface area contributed by atoms with Crippen LogP contribution in [-0.2, 0) is 6.42 Å². The molecule has 2 heterocycles. The number of hydrogen-bond acceptors (Lipinski definition) is 4. The Hall–Kier alpha value is -0.710. The van der Waals surface area contributed by atoms with E-state index in [4.69, 9.17) is 5.73 Å². The predicted molar refractivity (Wildman–Crippen MR) is 62.8 cm³/mol. The van der Waals surface area contributed by atoms with Gasteiger partial charge in [0.2, 0.25) is 0 Å². The van der Waals surface area contributed by atoms with Crippen molar-refractivity contribution in [3.63, 3.8) is 0 Å². The molecule has 2 N–H and O–H groups in total. The van der Waals surface area contributed by atoms with Crippen molar-refractivity contribution in [1.82, 2.24) is 4.98 Å². The summed E-state index contributed by atoms with van der Waals surface area (Å²) >= 11 is 3.43. The molecule has 2 nitrogen and oxygen atoms in total. The summed E-state index contributed by atoms with van der Waals surface area (Å²) in [5.74, 6) is 0. The predicted octanol–water partition coefficient (Wildman–Crippen LogP) is 2.76. The topological polar surface area (TPSA) is 38.9 Å². The minimum Gasteiger partial charge on any atom is -0.330 e. The van der Waals surface area contributed by atoms with Gasteiger partial charge in [-0.05, 0) is 24.4 Å². The van der Waals surface area contributed by atoms with Crippen molar-refractivity contribution in [2.24, 2.45) is 5.73 Å². The Kier molecular flexibility index (Phi) is 3.29. The van der Waals surface area contributed by atoms with Crippen LogP contribution in [0.4, 0.5) is 0 Å². The molecule has 0 saturated carbocycles. The highest BCUT2D eigenvalue weighted by Crippen LogP contribution is 2.24. The molecule has 2 rings (SSSR count). The number of nitrogens with two attached hydrogens (primary N) is 1. The first kappa shape index (κ1) is 9.83. The lowest BCUT2D eigenvalue weighted by Gasteiger charge is -1.91. The normalized spacial score (nSPS) is 10.6. The second-order valence-corrected chi connectivity index (χ2v) is 4.75. The minimum absolute atomic E-state index is 0.743. The van der Waals surface area contributed by atoms with Crippen LogP contribution in [0.25, 0.3) is 11.3 Å². The number of rotatable bonds is 4. The van der Waals surface area contributed by atoms with Gasteiger partial charge in [0.1, 0.15) is 0 Å². The lowest BCUT2D eigenvalue weighted by Crippen LogP contribution is -1.99. The van der Waals surface area contributed by atoms with Gasteiger partial charge in [0.25, 0.3) is 0 Å². The number of thiazole rings is 1. The zero-order valence-corrected chi connectivity index (χ0v) is 9.40. The third-order valence-electron chi connectivity index (χ3n) is 1.96. The van der Waals surface area contributed by atoms with Crippen LogP contribution in [-0.4, -0.2) is 11.5 Å². The van der Waals surface area contributed by atoms with E-state index in [2.05, 4.69) is 27.2 Å². The van der Waals surface area contributed by atoms with Crippen molar-refractivity contribution >= 4 is 22.7 Å². The largest absolute Gasteiger partial charge is 0.330 e. The van der Waals surface area contributed by atoms with E-state index < -0.39 is 0 Å². The van der Waals surface area contributed by atoms with Crippen LogP contribution in [0.5, 0.6) is 0 Å². The van der Waals surface area contributed by atoms with E-state index in [9.17, 15) is 0 Å². The van der Waals surface area contributed by atoms with E-state index in [1.165, 1.54) is 10.6 Å². The maximum absolute atomic E-state index is 5.46. The van der Waals surface area contributed by atoms with Crippen molar-refractivity contribution in [3.8, 4) is 11.3 Å². The minimum atomic E-state index is 0.743. The molecular weight excluding hydrogens is 212 g/mol. The highest BCUT2D eigenvalue weighted by Gasteiger charge is 2.03. The number of nitrogens with zero attached hydrogens (tertiary/aromatic N) is 1. The zero-order valence-electron chi connectivity index (χ0n) is 7.77. The summed E-state index contributed by atoms with van der Waals surface area (Å²) in [6, 6.07) is 2.10. The van der Waals surface area contributed by atoms with Gasteiger partial charge in [0.15, 0.2) is 0 Å². The van der Waals surface area contributed by atoms with Gasteiger partial charge in [0.05, 0.1) is 10.7 Å². The fourth-order valence-electron chi connectivity index (χ4n) is 1.22. The van der Waals surface area contributed by atoms with Gasteiger partial charge in [-0.1, -0.05) is 0 Å². The first-order valence-electron chi connectivity index (χ1n) is 4.57. The maximum atomic E-state index is 5.46. The first-order valence-corrected chi connectivity index (χ1v) is 6.39. The van der Waals surface area contributed by atoms with Gasteiger partial charge >= 0.3 is 0 Å². The smallest absolute Gasteiger partial charge is 0.0933 e. The SMILES string of the molecule is NCCCc1nc(-c2ccsc2)cs1. The van der Waals surface area contributed by atoms with E-state index >= 15 is 0 Å². The second-order valence-electron chi connectivity index (χ2n) is 3.03. The third kappa shape index (κ3) is 2.20. The van der Waals surface area contributed by atoms with Crippen molar-refractivity contribution in [2.75, 3.05) is 6.54 Å². The summed E-state index contributed by atoms with van der Waals surface area (Å²) in [4.78, 5) is 4.56. The van der Waals surface area contributed by atoms with Crippen molar-refractivity contribution in [3.05, 3.63) is 27.2 Å². The average molecular weight is 224 g/mol. The molecule has 0 aliphatic rings. The molecule has 0 aliphatic carbocycles. The van der Waals surface area contributed by atoms with Crippen LogP contribution in [0.3, 0.4) is 0 Å². The van der Waals surface area contributed by atoms with Crippen molar-refractivity contribution in [2.45, 2.75) is 12.8 Å². The molecule has 0 aliphatic heterocycles. The molecule has 0 atom stereocenters.